The van der Waals surface area contributed by atoms with E-state index in [1.165, 1.54) is 0 Å². The molecular formula is C13H16N4O. The maximum atomic E-state index is 5.62. The molecule has 5 heteroatoms. The van der Waals surface area contributed by atoms with E-state index < -0.39 is 0 Å². The molecule has 0 saturated heterocycles. The zero-order chi connectivity index (χ0) is 13.0. The van der Waals surface area contributed by atoms with Crippen molar-refractivity contribution in [3.8, 4) is 0 Å². The Morgan fingerprint density at radius 2 is 2.06 bits per heavy atom. The molecule has 18 heavy (non-hydrogen) atoms. The number of nitrogens with zero attached hydrogens (tertiary/aromatic N) is 2. The molecule has 0 saturated carbocycles. The number of methoxy groups -OCH3 is 1. The van der Waals surface area contributed by atoms with Crippen LogP contribution < -0.4 is 11.1 Å². The topological polar surface area (TPSA) is 73.1 Å². The van der Waals surface area contributed by atoms with Crippen LogP contribution in [0, 0.1) is 6.92 Å². The van der Waals surface area contributed by atoms with Gasteiger partial charge in [-0.25, -0.2) is 4.98 Å². The molecule has 0 spiro atoms. The number of nitrogens with two attached hydrogens (primary N) is 1. The van der Waals surface area contributed by atoms with E-state index >= 15 is 0 Å². The van der Waals surface area contributed by atoms with Crippen molar-refractivity contribution in [2.75, 3.05) is 18.2 Å². The lowest BCUT2D eigenvalue weighted by atomic mass is 10.2. The minimum absolute atomic E-state index is 0.265. The molecule has 3 N–H and O–H groups in total. The first-order chi connectivity index (χ1) is 8.69. The van der Waals surface area contributed by atoms with Gasteiger partial charge in [0.25, 0.3) is 0 Å². The second kappa shape index (κ2) is 5.46. The molecule has 2 aromatic rings. The highest BCUT2D eigenvalue weighted by Gasteiger charge is 2.04. The molecule has 0 aliphatic heterocycles. The first kappa shape index (κ1) is 12.3. The van der Waals surface area contributed by atoms with Crippen molar-refractivity contribution in [3.63, 3.8) is 0 Å². The zero-order valence-corrected chi connectivity index (χ0v) is 10.5. The largest absolute Gasteiger partial charge is 0.380 e. The van der Waals surface area contributed by atoms with Crippen LogP contribution in [0.4, 0.5) is 17.5 Å². The highest BCUT2D eigenvalue weighted by Crippen LogP contribution is 2.20. The first-order valence-corrected chi connectivity index (χ1v) is 5.64. The fourth-order valence-electron chi connectivity index (χ4n) is 1.72. The second-order valence-corrected chi connectivity index (χ2v) is 3.97. The summed E-state index contributed by atoms with van der Waals surface area (Å²) in [6.45, 7) is 2.42. The van der Waals surface area contributed by atoms with Crippen LogP contribution in [0.1, 0.15) is 11.3 Å². The predicted molar refractivity (Wildman–Crippen MR) is 71.6 cm³/mol. The zero-order valence-electron chi connectivity index (χ0n) is 10.5. The number of aromatic nitrogens is 2. The molecule has 1 heterocycles. The van der Waals surface area contributed by atoms with Crippen molar-refractivity contribution >= 4 is 17.5 Å². The second-order valence-electron chi connectivity index (χ2n) is 3.97. The number of rotatable bonds is 4. The number of aryl methyl sites for hydroxylation is 1. The van der Waals surface area contributed by atoms with Crippen LogP contribution in [0.25, 0.3) is 0 Å². The van der Waals surface area contributed by atoms with Crippen molar-refractivity contribution in [2.45, 2.75) is 13.5 Å². The number of benzene rings is 1. The summed E-state index contributed by atoms with van der Waals surface area (Å²) in [7, 11) is 1.67. The van der Waals surface area contributed by atoms with Gasteiger partial charge in [0.05, 0.1) is 6.61 Å². The first-order valence-electron chi connectivity index (χ1n) is 5.64. The van der Waals surface area contributed by atoms with Crippen molar-refractivity contribution in [2.24, 2.45) is 0 Å². The quantitative estimate of drug-likeness (QED) is 0.863. The third-order valence-corrected chi connectivity index (χ3v) is 2.45. The maximum absolute atomic E-state index is 5.62. The van der Waals surface area contributed by atoms with Gasteiger partial charge in [0.2, 0.25) is 5.95 Å². The van der Waals surface area contributed by atoms with Gasteiger partial charge in [-0.15, -0.1) is 0 Å². The van der Waals surface area contributed by atoms with E-state index in [1.807, 2.05) is 37.3 Å². The Kier molecular flexibility index (Phi) is 3.74. The smallest absolute Gasteiger partial charge is 0.222 e. The van der Waals surface area contributed by atoms with Crippen LogP contribution in [-0.2, 0) is 11.3 Å². The number of hydrogen-bond acceptors (Lipinski definition) is 5. The van der Waals surface area contributed by atoms with Gasteiger partial charge in [-0.2, -0.15) is 4.98 Å². The molecule has 0 amide bonds. The van der Waals surface area contributed by atoms with Crippen molar-refractivity contribution in [1.82, 2.24) is 9.97 Å². The summed E-state index contributed by atoms with van der Waals surface area (Å²) in [5, 5.41) is 3.23. The Labute approximate surface area is 106 Å². The third-order valence-electron chi connectivity index (χ3n) is 2.45. The van der Waals surface area contributed by atoms with Crippen LogP contribution in [0.3, 0.4) is 0 Å². The average molecular weight is 244 g/mol. The van der Waals surface area contributed by atoms with Gasteiger partial charge in [0, 0.05) is 30.1 Å². The van der Waals surface area contributed by atoms with Crippen LogP contribution >= 0.6 is 0 Å². The molecule has 0 aliphatic carbocycles. The molecule has 0 unspecified atom stereocenters. The Hall–Kier alpha value is -2.14. The van der Waals surface area contributed by atoms with E-state index in [4.69, 9.17) is 10.5 Å². The molecule has 0 fully saturated rings. The maximum Gasteiger partial charge on any atom is 0.222 e. The summed E-state index contributed by atoms with van der Waals surface area (Å²) >= 11 is 0. The Morgan fingerprint density at radius 1 is 1.28 bits per heavy atom. The lowest BCUT2D eigenvalue weighted by Gasteiger charge is -2.11. The van der Waals surface area contributed by atoms with E-state index in [2.05, 4.69) is 15.3 Å². The number of ether oxygens (including phenoxy) is 1. The molecule has 1 aromatic carbocycles. The Morgan fingerprint density at radius 3 is 2.78 bits per heavy atom. The van der Waals surface area contributed by atoms with Crippen LogP contribution in [-0.4, -0.2) is 17.1 Å². The van der Waals surface area contributed by atoms with Crippen molar-refractivity contribution < 1.29 is 4.74 Å². The number of anilines is 3. The van der Waals surface area contributed by atoms with Crippen LogP contribution in [0.5, 0.6) is 0 Å². The van der Waals surface area contributed by atoms with Gasteiger partial charge in [-0.05, 0) is 13.0 Å². The van der Waals surface area contributed by atoms with Gasteiger partial charge in [-0.1, -0.05) is 18.2 Å². The summed E-state index contributed by atoms with van der Waals surface area (Å²) in [6.07, 6.45) is 0. The Bertz CT molecular complexity index is 522. The molecule has 0 aliphatic rings. The van der Waals surface area contributed by atoms with E-state index in [9.17, 15) is 0 Å². The standard InChI is InChI=1S/C13H16N4O/c1-9-7-12(17-13(14)15-9)16-11-6-4-3-5-10(11)8-18-2/h3-7H,8H2,1-2H3,(H3,14,15,16,17). The third kappa shape index (κ3) is 2.95. The minimum Gasteiger partial charge on any atom is -0.380 e. The summed E-state index contributed by atoms with van der Waals surface area (Å²) in [6, 6.07) is 9.75. The van der Waals surface area contributed by atoms with Gasteiger partial charge in [-0.3, -0.25) is 0 Å². The molecule has 0 atom stereocenters. The molecule has 5 nitrogen and oxygen atoms in total. The molecule has 0 radical (unpaired) electrons. The highest BCUT2D eigenvalue weighted by atomic mass is 16.5. The van der Waals surface area contributed by atoms with E-state index in [0.717, 1.165) is 16.9 Å². The van der Waals surface area contributed by atoms with Crippen LogP contribution in [0.2, 0.25) is 0 Å². The SMILES string of the molecule is COCc1ccccc1Nc1cc(C)nc(N)n1. The van der Waals surface area contributed by atoms with Gasteiger partial charge in [0.15, 0.2) is 0 Å². The normalized spacial score (nSPS) is 10.3. The molecule has 2 rings (SSSR count). The molecule has 1 aromatic heterocycles. The van der Waals surface area contributed by atoms with Gasteiger partial charge >= 0.3 is 0 Å². The van der Waals surface area contributed by atoms with Gasteiger partial charge in [0.1, 0.15) is 5.82 Å². The monoisotopic (exact) mass is 244 g/mol. The van der Waals surface area contributed by atoms with Crippen LogP contribution in [0.15, 0.2) is 30.3 Å². The molecule has 0 bridgehead atoms. The van der Waals surface area contributed by atoms with E-state index in [0.29, 0.717) is 12.4 Å². The number of nitrogens with one attached hydrogen (secondary N) is 1. The summed E-state index contributed by atoms with van der Waals surface area (Å²) < 4.78 is 5.16. The number of nitrogen functional groups attached to an aromatic ring is 1. The Balaban J connectivity index is 2.27. The van der Waals surface area contributed by atoms with E-state index in [1.54, 1.807) is 7.11 Å². The average Bonchev–Trinajstić information content (AvgIpc) is 2.30. The minimum atomic E-state index is 0.265. The summed E-state index contributed by atoms with van der Waals surface area (Å²) in [5.41, 5.74) is 8.47. The number of hydrogen-bond donors (Lipinski definition) is 2. The fraction of sp³-hybridized carbons (Fsp3) is 0.231. The number of para-hydroxylation sites is 1. The predicted octanol–water partition coefficient (Wildman–Crippen LogP) is 2.26. The summed E-state index contributed by atoms with van der Waals surface area (Å²) in [4.78, 5) is 8.18. The fourth-order valence-corrected chi connectivity index (χ4v) is 1.72. The van der Waals surface area contributed by atoms with Crippen molar-refractivity contribution in [3.05, 3.63) is 41.6 Å². The van der Waals surface area contributed by atoms with Crippen molar-refractivity contribution in [1.29, 1.82) is 0 Å². The molecular weight excluding hydrogens is 228 g/mol. The summed E-state index contributed by atoms with van der Waals surface area (Å²) in [5.74, 6) is 0.949. The van der Waals surface area contributed by atoms with Gasteiger partial charge < -0.3 is 15.8 Å². The lowest BCUT2D eigenvalue weighted by Crippen LogP contribution is -2.03. The highest BCUT2D eigenvalue weighted by molar-refractivity contribution is 5.61. The van der Waals surface area contributed by atoms with E-state index in [-0.39, 0.29) is 5.95 Å². The molecule has 94 valence electrons. The lowest BCUT2D eigenvalue weighted by molar-refractivity contribution is 0.185.